The third kappa shape index (κ3) is 6.68. The molecule has 2 aromatic carbocycles. The van der Waals surface area contributed by atoms with Crippen LogP contribution >= 0.6 is 0 Å². The van der Waals surface area contributed by atoms with Crippen LogP contribution in [0.1, 0.15) is 43.2 Å². The fourth-order valence-electron chi connectivity index (χ4n) is 4.41. The van der Waals surface area contributed by atoms with Crippen LogP contribution in [0.3, 0.4) is 0 Å². The molecule has 9 nitrogen and oxygen atoms in total. The van der Waals surface area contributed by atoms with Crippen molar-refractivity contribution in [3.05, 3.63) is 60.1 Å². The molecule has 1 aliphatic rings. The number of nitrogens with zero attached hydrogens (tertiary/aromatic N) is 2. The third-order valence-electron chi connectivity index (χ3n) is 6.75. The first kappa shape index (κ1) is 25.3. The molecular formula is C28H35N5O4. The molecule has 0 aliphatic heterocycles. The van der Waals surface area contributed by atoms with Crippen LogP contribution in [0.25, 0.3) is 22.0 Å². The van der Waals surface area contributed by atoms with E-state index in [-0.39, 0.29) is 6.61 Å². The maximum absolute atomic E-state index is 9.70. The molecule has 2 heterocycles. The van der Waals surface area contributed by atoms with E-state index >= 15 is 0 Å². The minimum Gasteiger partial charge on any atom is -0.490 e. The lowest BCUT2D eigenvalue weighted by Crippen LogP contribution is -2.25. The van der Waals surface area contributed by atoms with Gasteiger partial charge in [-0.15, -0.1) is 0 Å². The Bertz CT molecular complexity index is 1250. The molecule has 37 heavy (non-hydrogen) atoms. The minimum absolute atomic E-state index is 0.00233. The van der Waals surface area contributed by atoms with Crippen LogP contribution in [0.4, 0.5) is 5.69 Å². The van der Waals surface area contributed by atoms with Crippen LogP contribution < -0.4 is 15.4 Å². The molecule has 0 atom stereocenters. The summed E-state index contributed by atoms with van der Waals surface area (Å²) in [6.45, 7) is 3.76. The van der Waals surface area contributed by atoms with Crippen molar-refractivity contribution in [2.45, 2.75) is 51.4 Å². The highest BCUT2D eigenvalue weighted by Gasteiger charge is 2.20. The van der Waals surface area contributed by atoms with E-state index in [1.165, 1.54) is 6.42 Å². The number of nitrogens with one attached hydrogen (secondary N) is 3. The van der Waals surface area contributed by atoms with Gasteiger partial charge >= 0.3 is 0 Å². The molecule has 1 saturated carbocycles. The number of ether oxygens (including phenoxy) is 2. The van der Waals surface area contributed by atoms with E-state index in [0.717, 1.165) is 90.0 Å². The van der Waals surface area contributed by atoms with Gasteiger partial charge in [0, 0.05) is 41.9 Å². The molecule has 0 amide bonds. The Morgan fingerprint density at radius 3 is 2.81 bits per heavy atom. The average Bonchev–Trinajstić information content (AvgIpc) is 3.60. The summed E-state index contributed by atoms with van der Waals surface area (Å²) in [5, 5.41) is 28.7. The van der Waals surface area contributed by atoms with E-state index in [1.807, 2.05) is 24.4 Å². The number of hydrogen-bond acceptors (Lipinski definition) is 8. The molecule has 2 aromatic heterocycles. The summed E-state index contributed by atoms with van der Waals surface area (Å²) in [7, 11) is 0. The third-order valence-corrected chi connectivity index (χ3v) is 6.75. The smallest absolute Gasteiger partial charge is 0.131 e. The Labute approximate surface area is 216 Å². The SMILES string of the molecule is OCc1cc(CNCCCCOCCNc2cc(-c3cnoc3)cc3[nH]ncc23)ccc1OC1CCC1. The first-order valence-electron chi connectivity index (χ1n) is 13.1. The van der Waals surface area contributed by atoms with Gasteiger partial charge in [-0.1, -0.05) is 11.2 Å². The number of fused-ring (bicyclic) bond motifs is 1. The fourth-order valence-corrected chi connectivity index (χ4v) is 4.41. The van der Waals surface area contributed by atoms with E-state index in [0.29, 0.717) is 19.3 Å². The second-order valence-electron chi connectivity index (χ2n) is 9.46. The Kier molecular flexibility index (Phi) is 8.68. The number of aromatic nitrogens is 3. The highest BCUT2D eigenvalue weighted by molar-refractivity contribution is 5.95. The quantitative estimate of drug-likeness (QED) is 0.173. The van der Waals surface area contributed by atoms with Crippen LogP contribution in [0.2, 0.25) is 0 Å². The summed E-state index contributed by atoms with van der Waals surface area (Å²) in [5.74, 6) is 0.819. The second kappa shape index (κ2) is 12.7. The molecule has 0 bridgehead atoms. The molecule has 9 heteroatoms. The molecule has 0 radical (unpaired) electrons. The zero-order chi connectivity index (χ0) is 25.3. The van der Waals surface area contributed by atoms with E-state index in [4.69, 9.17) is 14.0 Å². The molecule has 1 aliphatic carbocycles. The standard InChI is InChI=1S/C28H35N5O4/c34-18-22-12-20(6-7-28(22)37-24-4-3-5-24)15-29-8-1-2-10-35-11-9-30-26-13-21(23-16-32-36-19-23)14-27-25(26)17-31-33-27/h6-7,12-14,16-17,19,24,29-30,34H,1-5,8-11,15,18H2,(H,31,33). The van der Waals surface area contributed by atoms with E-state index in [1.54, 1.807) is 12.5 Å². The first-order chi connectivity index (χ1) is 18.3. The number of hydrogen-bond donors (Lipinski definition) is 4. The normalized spacial score (nSPS) is 13.6. The van der Waals surface area contributed by atoms with Crippen molar-refractivity contribution in [1.29, 1.82) is 0 Å². The zero-order valence-electron chi connectivity index (χ0n) is 21.0. The Balaban J connectivity index is 0.962. The van der Waals surface area contributed by atoms with E-state index in [9.17, 15) is 5.11 Å². The topological polar surface area (TPSA) is 117 Å². The summed E-state index contributed by atoms with van der Waals surface area (Å²) in [6, 6.07) is 10.2. The molecule has 5 rings (SSSR count). The lowest BCUT2D eigenvalue weighted by atomic mass is 9.96. The average molecular weight is 506 g/mol. The van der Waals surface area contributed by atoms with Crippen LogP contribution in [0.15, 0.2) is 53.5 Å². The number of unbranched alkanes of at least 4 members (excludes halogenated alkanes) is 1. The largest absolute Gasteiger partial charge is 0.490 e. The number of aliphatic hydroxyl groups is 1. The lowest BCUT2D eigenvalue weighted by molar-refractivity contribution is 0.116. The summed E-state index contributed by atoms with van der Waals surface area (Å²) < 4.78 is 16.8. The van der Waals surface area contributed by atoms with Gasteiger partial charge in [0.2, 0.25) is 0 Å². The predicted octanol–water partition coefficient (Wildman–Crippen LogP) is 4.64. The second-order valence-corrected chi connectivity index (χ2v) is 9.46. The fraction of sp³-hybridized carbons (Fsp3) is 0.429. The number of H-pyrrole nitrogens is 1. The van der Waals surface area contributed by atoms with Crippen LogP contribution in [-0.4, -0.2) is 52.9 Å². The van der Waals surface area contributed by atoms with Gasteiger partial charge in [0.15, 0.2) is 0 Å². The first-order valence-corrected chi connectivity index (χ1v) is 13.1. The molecule has 196 valence electrons. The number of aromatic amines is 1. The van der Waals surface area contributed by atoms with Gasteiger partial charge in [-0.3, -0.25) is 5.10 Å². The van der Waals surface area contributed by atoms with Crippen molar-refractivity contribution in [1.82, 2.24) is 20.7 Å². The van der Waals surface area contributed by atoms with Crippen LogP contribution in [0.5, 0.6) is 5.75 Å². The number of aliphatic hydroxyl groups excluding tert-OH is 1. The molecule has 0 saturated heterocycles. The summed E-state index contributed by atoms with van der Waals surface area (Å²) in [5.41, 5.74) is 5.93. The van der Waals surface area contributed by atoms with Crippen molar-refractivity contribution < 1.29 is 19.1 Å². The number of anilines is 1. The molecule has 4 N–H and O–H groups in total. The lowest BCUT2D eigenvalue weighted by Gasteiger charge is -2.27. The zero-order valence-corrected chi connectivity index (χ0v) is 21.0. The van der Waals surface area contributed by atoms with Crippen molar-refractivity contribution in [2.24, 2.45) is 0 Å². The van der Waals surface area contributed by atoms with Crippen LogP contribution in [0, 0.1) is 0 Å². The van der Waals surface area contributed by atoms with Gasteiger partial charge in [-0.2, -0.15) is 5.10 Å². The molecule has 0 unspecified atom stereocenters. The summed E-state index contributed by atoms with van der Waals surface area (Å²) in [4.78, 5) is 0. The monoisotopic (exact) mass is 505 g/mol. The van der Waals surface area contributed by atoms with Gasteiger partial charge in [-0.05, 0) is 74.0 Å². The van der Waals surface area contributed by atoms with Crippen molar-refractivity contribution in [2.75, 3.05) is 31.6 Å². The molecule has 0 spiro atoms. The Hall–Kier alpha value is -3.40. The summed E-state index contributed by atoms with van der Waals surface area (Å²) >= 11 is 0. The molecule has 1 fully saturated rings. The highest BCUT2D eigenvalue weighted by Crippen LogP contribution is 2.30. The van der Waals surface area contributed by atoms with Crippen molar-refractivity contribution >= 4 is 16.6 Å². The molecular weight excluding hydrogens is 470 g/mol. The van der Waals surface area contributed by atoms with E-state index < -0.39 is 0 Å². The van der Waals surface area contributed by atoms with Gasteiger partial charge in [0.05, 0.1) is 37.2 Å². The van der Waals surface area contributed by atoms with E-state index in [2.05, 4.69) is 38.1 Å². The van der Waals surface area contributed by atoms with Gasteiger partial charge < -0.3 is 29.7 Å². The summed E-state index contributed by atoms with van der Waals surface area (Å²) in [6.07, 6.45) is 11.0. The number of rotatable bonds is 15. The van der Waals surface area contributed by atoms with Crippen LogP contribution in [-0.2, 0) is 17.9 Å². The highest BCUT2D eigenvalue weighted by atomic mass is 16.5. The number of benzene rings is 2. The van der Waals surface area contributed by atoms with Gasteiger partial charge in [-0.25, -0.2) is 0 Å². The Morgan fingerprint density at radius 1 is 1.05 bits per heavy atom. The Morgan fingerprint density at radius 2 is 2.00 bits per heavy atom. The van der Waals surface area contributed by atoms with Crippen molar-refractivity contribution in [3.63, 3.8) is 0 Å². The van der Waals surface area contributed by atoms with Gasteiger partial charge in [0.1, 0.15) is 12.0 Å². The minimum atomic E-state index is 0.00233. The maximum Gasteiger partial charge on any atom is 0.131 e. The maximum atomic E-state index is 9.70. The van der Waals surface area contributed by atoms with Gasteiger partial charge in [0.25, 0.3) is 0 Å². The molecule has 4 aromatic rings. The van der Waals surface area contributed by atoms with Crippen molar-refractivity contribution in [3.8, 4) is 16.9 Å². The predicted molar refractivity (Wildman–Crippen MR) is 142 cm³/mol.